The molecule has 0 bridgehead atoms. The van der Waals surface area contributed by atoms with Gasteiger partial charge < -0.3 is 15.3 Å². The van der Waals surface area contributed by atoms with Gasteiger partial charge in [0, 0.05) is 19.3 Å². The van der Waals surface area contributed by atoms with Crippen molar-refractivity contribution >= 4 is 33.3 Å². The van der Waals surface area contributed by atoms with Gasteiger partial charge in [-0.15, -0.1) is 0 Å². The normalized spacial score (nSPS) is 14.8. The summed E-state index contributed by atoms with van der Waals surface area (Å²) in [5, 5.41) is 13.8. The average molecular weight is 323 g/mol. The highest BCUT2D eigenvalue weighted by atomic mass is 79.9. The van der Waals surface area contributed by atoms with E-state index in [0.717, 1.165) is 4.47 Å². The van der Waals surface area contributed by atoms with Crippen LogP contribution >= 0.6 is 27.5 Å². The van der Waals surface area contributed by atoms with Crippen molar-refractivity contribution in [2.45, 2.75) is 12.5 Å². The largest absolute Gasteiger partial charge is 0.387 e. The molecule has 0 aliphatic heterocycles. The van der Waals surface area contributed by atoms with Crippen molar-refractivity contribution in [1.29, 1.82) is 0 Å². The van der Waals surface area contributed by atoms with Crippen LogP contribution in [-0.4, -0.2) is 47.8 Å². The van der Waals surface area contributed by atoms with E-state index in [-0.39, 0.29) is 0 Å². The summed E-state index contributed by atoms with van der Waals surface area (Å²) in [6.07, 6.45) is 1.56. The zero-order valence-electron chi connectivity index (χ0n) is 10.2. The van der Waals surface area contributed by atoms with Crippen LogP contribution in [-0.2, 0) is 0 Å². The van der Waals surface area contributed by atoms with Gasteiger partial charge in [-0.3, -0.25) is 0 Å². The van der Waals surface area contributed by atoms with Gasteiger partial charge in [-0.25, -0.2) is 4.98 Å². The maximum atomic E-state index is 10.1. The second kappa shape index (κ2) is 6.00. The smallest absolute Gasteiger partial charge is 0.140 e. The summed E-state index contributed by atoms with van der Waals surface area (Å²) in [4.78, 5) is 6.08. The Hall–Kier alpha value is -0.360. The first-order chi connectivity index (χ1) is 7.80. The summed E-state index contributed by atoms with van der Waals surface area (Å²) in [6, 6.07) is 1.76. The molecular weight excluding hydrogens is 305 g/mol. The molecule has 1 aromatic heterocycles. The molecule has 0 saturated heterocycles. The molecule has 0 aliphatic carbocycles. The Bertz CT molecular complexity index is 385. The van der Waals surface area contributed by atoms with E-state index in [1.165, 1.54) is 0 Å². The minimum Gasteiger partial charge on any atom is -0.387 e. The summed E-state index contributed by atoms with van der Waals surface area (Å²) in [6.45, 7) is 2.77. The number of halogens is 2. The van der Waals surface area contributed by atoms with Crippen LogP contribution in [0.1, 0.15) is 6.92 Å². The van der Waals surface area contributed by atoms with E-state index in [2.05, 4.69) is 26.2 Å². The predicted octanol–water partition coefficient (Wildman–Crippen LogP) is 2.22. The number of rotatable bonds is 5. The molecule has 17 heavy (non-hydrogen) atoms. The highest BCUT2D eigenvalue weighted by molar-refractivity contribution is 9.10. The van der Waals surface area contributed by atoms with E-state index >= 15 is 0 Å². The monoisotopic (exact) mass is 321 g/mol. The highest BCUT2D eigenvalue weighted by Gasteiger charge is 2.21. The van der Waals surface area contributed by atoms with E-state index in [1.54, 1.807) is 19.2 Å². The van der Waals surface area contributed by atoms with Gasteiger partial charge in [0.1, 0.15) is 5.82 Å². The Morgan fingerprint density at radius 2 is 2.24 bits per heavy atom. The third kappa shape index (κ3) is 5.21. The molecule has 0 amide bonds. The van der Waals surface area contributed by atoms with Crippen molar-refractivity contribution in [2.24, 2.45) is 0 Å². The molecule has 0 aromatic carbocycles. The summed E-state index contributed by atoms with van der Waals surface area (Å²) >= 11 is 9.16. The fraction of sp³-hybridized carbons (Fsp3) is 0.545. The molecule has 1 atom stereocenters. The highest BCUT2D eigenvalue weighted by Crippen LogP contribution is 2.23. The Balaban J connectivity index is 2.61. The number of hydrogen-bond donors (Lipinski definition) is 2. The number of aliphatic hydroxyl groups is 1. The summed E-state index contributed by atoms with van der Waals surface area (Å²) in [5.41, 5.74) is -0.815. The Morgan fingerprint density at radius 1 is 1.59 bits per heavy atom. The van der Waals surface area contributed by atoms with Gasteiger partial charge in [0.25, 0.3) is 0 Å². The number of anilines is 1. The molecule has 96 valence electrons. The fourth-order valence-electron chi connectivity index (χ4n) is 1.56. The van der Waals surface area contributed by atoms with E-state index in [4.69, 9.17) is 11.6 Å². The van der Waals surface area contributed by atoms with Crippen molar-refractivity contribution < 1.29 is 5.11 Å². The number of likely N-dealkylation sites (N-methyl/N-ethyl adjacent to an activating group) is 1. The molecule has 0 aliphatic rings. The molecule has 0 unspecified atom stereocenters. The van der Waals surface area contributed by atoms with Crippen LogP contribution in [0.4, 0.5) is 5.82 Å². The number of pyridine rings is 1. The summed E-state index contributed by atoms with van der Waals surface area (Å²) < 4.78 is 0.783. The van der Waals surface area contributed by atoms with Crippen LogP contribution in [0.3, 0.4) is 0 Å². The quantitative estimate of drug-likeness (QED) is 0.873. The molecule has 0 spiro atoms. The lowest BCUT2D eigenvalue weighted by Crippen LogP contribution is -2.43. The van der Waals surface area contributed by atoms with Crippen molar-refractivity contribution in [3.05, 3.63) is 21.8 Å². The van der Waals surface area contributed by atoms with Crippen molar-refractivity contribution in [2.75, 3.05) is 32.5 Å². The molecule has 4 nitrogen and oxygen atoms in total. The Labute approximate surface area is 115 Å². The third-order valence-electron chi connectivity index (χ3n) is 2.10. The van der Waals surface area contributed by atoms with Gasteiger partial charge in [-0.2, -0.15) is 0 Å². The average Bonchev–Trinajstić information content (AvgIpc) is 2.14. The lowest BCUT2D eigenvalue weighted by Gasteiger charge is -2.27. The maximum Gasteiger partial charge on any atom is 0.140 e. The predicted molar refractivity (Wildman–Crippen MR) is 74.6 cm³/mol. The third-order valence-corrected chi connectivity index (χ3v) is 2.91. The summed E-state index contributed by atoms with van der Waals surface area (Å²) in [5.74, 6) is 0.674. The number of nitrogens with zero attached hydrogens (tertiary/aromatic N) is 2. The number of aromatic nitrogens is 1. The first-order valence-electron chi connectivity index (χ1n) is 5.22. The van der Waals surface area contributed by atoms with E-state index in [1.807, 2.05) is 19.0 Å². The molecule has 0 radical (unpaired) electrons. The van der Waals surface area contributed by atoms with Crippen LogP contribution in [0, 0.1) is 0 Å². The topological polar surface area (TPSA) is 48.4 Å². The molecule has 1 heterocycles. The van der Waals surface area contributed by atoms with E-state index < -0.39 is 5.60 Å². The van der Waals surface area contributed by atoms with Gasteiger partial charge in [-0.05, 0) is 43.0 Å². The minimum absolute atomic E-state index is 0.415. The molecular formula is C11H17BrClN3O. The van der Waals surface area contributed by atoms with Crippen molar-refractivity contribution in [3.8, 4) is 0 Å². The van der Waals surface area contributed by atoms with Gasteiger partial charge >= 0.3 is 0 Å². The zero-order chi connectivity index (χ0) is 13.1. The standard InChI is InChI=1S/C11H17BrClN3O/c1-11(17,7-16(2)3)6-15-10-9(12)4-8(13)5-14-10/h4-5,17H,6-7H2,1-3H3,(H,14,15)/t11-/m0/s1. The van der Waals surface area contributed by atoms with Gasteiger partial charge in [0.15, 0.2) is 0 Å². The molecule has 0 fully saturated rings. The van der Waals surface area contributed by atoms with Crippen LogP contribution < -0.4 is 5.32 Å². The first kappa shape index (κ1) is 14.7. The van der Waals surface area contributed by atoms with Crippen LogP contribution in [0.25, 0.3) is 0 Å². The van der Waals surface area contributed by atoms with Crippen LogP contribution in [0.5, 0.6) is 0 Å². The summed E-state index contributed by atoms with van der Waals surface area (Å²) in [7, 11) is 3.84. The van der Waals surface area contributed by atoms with Crippen LogP contribution in [0.2, 0.25) is 5.02 Å². The van der Waals surface area contributed by atoms with Gasteiger partial charge in [0.05, 0.1) is 15.1 Å². The Morgan fingerprint density at radius 3 is 2.76 bits per heavy atom. The molecule has 2 N–H and O–H groups in total. The lowest BCUT2D eigenvalue weighted by molar-refractivity contribution is 0.0459. The minimum atomic E-state index is -0.815. The van der Waals surface area contributed by atoms with Crippen molar-refractivity contribution in [3.63, 3.8) is 0 Å². The zero-order valence-corrected chi connectivity index (χ0v) is 12.5. The molecule has 1 aromatic rings. The second-order valence-electron chi connectivity index (χ2n) is 4.57. The number of nitrogens with one attached hydrogen (secondary N) is 1. The van der Waals surface area contributed by atoms with Crippen LogP contribution in [0.15, 0.2) is 16.7 Å². The fourth-order valence-corrected chi connectivity index (χ4v) is 2.33. The molecule has 0 saturated carbocycles. The maximum absolute atomic E-state index is 10.1. The molecule has 6 heteroatoms. The first-order valence-corrected chi connectivity index (χ1v) is 6.39. The second-order valence-corrected chi connectivity index (χ2v) is 5.86. The molecule has 1 rings (SSSR count). The van der Waals surface area contributed by atoms with Gasteiger partial charge in [0.2, 0.25) is 0 Å². The lowest BCUT2D eigenvalue weighted by atomic mass is 10.1. The number of hydrogen-bond acceptors (Lipinski definition) is 4. The SMILES string of the molecule is CN(C)C[C@@](C)(O)CNc1ncc(Cl)cc1Br. The van der Waals surface area contributed by atoms with E-state index in [0.29, 0.717) is 23.9 Å². The van der Waals surface area contributed by atoms with E-state index in [9.17, 15) is 5.11 Å². The Kier molecular flexibility index (Phi) is 5.19. The van der Waals surface area contributed by atoms with Gasteiger partial charge in [-0.1, -0.05) is 11.6 Å². The van der Waals surface area contributed by atoms with Crippen molar-refractivity contribution in [1.82, 2.24) is 9.88 Å².